The summed E-state index contributed by atoms with van der Waals surface area (Å²) in [7, 11) is 1.78. The van der Waals surface area contributed by atoms with Crippen molar-refractivity contribution in [2.75, 3.05) is 5.73 Å². The number of nitrogen functional groups attached to an aromatic ring is 1. The fourth-order valence-corrected chi connectivity index (χ4v) is 2.54. The van der Waals surface area contributed by atoms with E-state index in [1.807, 2.05) is 6.07 Å². The van der Waals surface area contributed by atoms with Crippen molar-refractivity contribution in [1.29, 1.82) is 5.26 Å². The number of rotatable bonds is 2. The van der Waals surface area contributed by atoms with Crippen molar-refractivity contribution in [3.63, 3.8) is 0 Å². The summed E-state index contributed by atoms with van der Waals surface area (Å²) in [5.41, 5.74) is 8.15. The molecule has 0 aliphatic heterocycles. The van der Waals surface area contributed by atoms with E-state index >= 15 is 0 Å². The molecule has 5 nitrogen and oxygen atoms in total. The van der Waals surface area contributed by atoms with E-state index in [-0.39, 0.29) is 16.4 Å². The molecule has 0 radical (unpaired) electrons. The van der Waals surface area contributed by atoms with E-state index in [1.165, 1.54) is 12.1 Å². The Morgan fingerprint density at radius 3 is 2.78 bits per heavy atom. The second-order valence-corrected chi connectivity index (χ2v) is 5.31. The zero-order valence-electron chi connectivity index (χ0n) is 12.1. The van der Waals surface area contributed by atoms with Gasteiger partial charge in [0.2, 0.25) is 0 Å². The summed E-state index contributed by atoms with van der Waals surface area (Å²) >= 11 is 6.05. The van der Waals surface area contributed by atoms with Crippen LogP contribution in [0.2, 0.25) is 5.02 Å². The van der Waals surface area contributed by atoms with Crippen LogP contribution in [0.1, 0.15) is 5.56 Å². The molecule has 0 saturated heterocycles. The molecular formula is C16H11ClFN5. The minimum absolute atomic E-state index is 0.0594. The van der Waals surface area contributed by atoms with E-state index in [9.17, 15) is 9.65 Å². The highest BCUT2D eigenvalue weighted by Gasteiger charge is 2.17. The van der Waals surface area contributed by atoms with Crippen molar-refractivity contribution in [3.8, 4) is 28.5 Å². The molecule has 3 aromatic rings. The second-order valence-electron chi connectivity index (χ2n) is 4.93. The minimum Gasteiger partial charge on any atom is -0.383 e. The lowest BCUT2D eigenvalue weighted by atomic mass is 9.99. The monoisotopic (exact) mass is 327 g/mol. The molecule has 0 unspecified atom stereocenters. The van der Waals surface area contributed by atoms with Gasteiger partial charge in [0.15, 0.2) is 0 Å². The predicted octanol–water partition coefficient (Wildman–Crippen LogP) is 3.40. The number of pyridine rings is 1. The summed E-state index contributed by atoms with van der Waals surface area (Å²) in [6, 6.07) is 8.08. The summed E-state index contributed by atoms with van der Waals surface area (Å²) in [6.45, 7) is 0. The van der Waals surface area contributed by atoms with Gasteiger partial charge in [-0.2, -0.15) is 10.4 Å². The quantitative estimate of drug-likeness (QED) is 0.782. The number of nitrogens with two attached hydrogens (primary N) is 1. The summed E-state index contributed by atoms with van der Waals surface area (Å²) in [4.78, 5) is 4.23. The summed E-state index contributed by atoms with van der Waals surface area (Å²) < 4.78 is 15.4. The maximum absolute atomic E-state index is 13.8. The van der Waals surface area contributed by atoms with Gasteiger partial charge in [-0.3, -0.25) is 4.68 Å². The maximum atomic E-state index is 13.8. The summed E-state index contributed by atoms with van der Waals surface area (Å²) in [5, 5.41) is 13.4. The molecule has 0 amide bonds. The number of hydrogen-bond acceptors (Lipinski definition) is 4. The number of aromatic nitrogens is 3. The van der Waals surface area contributed by atoms with Crippen molar-refractivity contribution in [2.24, 2.45) is 7.05 Å². The van der Waals surface area contributed by atoms with Crippen LogP contribution in [0.3, 0.4) is 0 Å². The Kier molecular flexibility index (Phi) is 3.72. The van der Waals surface area contributed by atoms with Crippen LogP contribution < -0.4 is 5.73 Å². The standard InChI is InChI=1S/C16H11ClFN5/c1-23-8-9(7-21-23)14-5-11(12(6-19)16(20)22-14)10-3-2-4-13(18)15(10)17/h2-5,7-8H,1H3,(H2,20,22). The van der Waals surface area contributed by atoms with E-state index < -0.39 is 5.82 Å². The maximum Gasteiger partial charge on any atom is 0.142 e. The van der Waals surface area contributed by atoms with Crippen LogP contribution in [0.5, 0.6) is 0 Å². The Bertz CT molecular complexity index is 942. The molecule has 0 aliphatic rings. The first-order chi connectivity index (χ1) is 11.0. The smallest absolute Gasteiger partial charge is 0.142 e. The number of aryl methyl sites for hydroxylation is 1. The molecule has 0 spiro atoms. The number of nitrogens with zero attached hydrogens (tertiary/aromatic N) is 4. The van der Waals surface area contributed by atoms with Gasteiger partial charge in [0.05, 0.1) is 16.9 Å². The highest BCUT2D eigenvalue weighted by molar-refractivity contribution is 6.33. The number of hydrogen-bond donors (Lipinski definition) is 1. The predicted molar refractivity (Wildman–Crippen MR) is 86.0 cm³/mol. The van der Waals surface area contributed by atoms with Crippen LogP contribution in [-0.2, 0) is 7.05 Å². The Morgan fingerprint density at radius 1 is 1.35 bits per heavy atom. The highest BCUT2D eigenvalue weighted by atomic mass is 35.5. The lowest BCUT2D eigenvalue weighted by Crippen LogP contribution is -2.00. The number of halogens is 2. The average Bonchev–Trinajstić information content (AvgIpc) is 2.96. The Labute approximate surface area is 136 Å². The molecule has 1 aromatic carbocycles. The van der Waals surface area contributed by atoms with Crippen molar-refractivity contribution in [1.82, 2.24) is 14.8 Å². The molecular weight excluding hydrogens is 317 g/mol. The van der Waals surface area contributed by atoms with Gasteiger partial charge in [-0.05, 0) is 12.1 Å². The molecule has 114 valence electrons. The van der Waals surface area contributed by atoms with Gasteiger partial charge in [-0.15, -0.1) is 0 Å². The fraction of sp³-hybridized carbons (Fsp3) is 0.0625. The van der Waals surface area contributed by atoms with E-state index in [2.05, 4.69) is 10.1 Å². The molecule has 2 heterocycles. The third kappa shape index (κ3) is 2.62. The minimum atomic E-state index is -0.564. The van der Waals surface area contributed by atoms with Gasteiger partial charge in [-0.1, -0.05) is 23.7 Å². The highest BCUT2D eigenvalue weighted by Crippen LogP contribution is 2.35. The first kappa shape index (κ1) is 15.0. The number of benzene rings is 1. The molecule has 0 aliphatic carbocycles. The van der Waals surface area contributed by atoms with Gasteiger partial charge in [0.25, 0.3) is 0 Å². The van der Waals surface area contributed by atoms with Crippen molar-refractivity contribution in [3.05, 3.63) is 53.1 Å². The molecule has 0 fully saturated rings. The lowest BCUT2D eigenvalue weighted by molar-refractivity contribution is 0.629. The molecule has 0 bridgehead atoms. The van der Waals surface area contributed by atoms with E-state index in [0.717, 1.165) is 5.56 Å². The lowest BCUT2D eigenvalue weighted by Gasteiger charge is -2.11. The number of anilines is 1. The van der Waals surface area contributed by atoms with Crippen LogP contribution in [0.15, 0.2) is 36.7 Å². The second kappa shape index (κ2) is 5.71. The van der Waals surface area contributed by atoms with Gasteiger partial charge >= 0.3 is 0 Å². The van der Waals surface area contributed by atoms with Gasteiger partial charge < -0.3 is 5.73 Å². The van der Waals surface area contributed by atoms with Crippen LogP contribution in [-0.4, -0.2) is 14.8 Å². The third-order valence-electron chi connectivity index (χ3n) is 3.40. The molecule has 2 aromatic heterocycles. The van der Waals surface area contributed by atoms with Crippen molar-refractivity contribution < 1.29 is 4.39 Å². The molecule has 23 heavy (non-hydrogen) atoms. The van der Waals surface area contributed by atoms with Crippen LogP contribution in [0.25, 0.3) is 22.4 Å². The Hall–Kier alpha value is -2.91. The van der Waals surface area contributed by atoms with Gasteiger partial charge in [0, 0.05) is 29.9 Å². The summed E-state index contributed by atoms with van der Waals surface area (Å²) in [6.07, 6.45) is 3.40. The third-order valence-corrected chi connectivity index (χ3v) is 3.79. The summed E-state index contributed by atoms with van der Waals surface area (Å²) in [5.74, 6) is -0.504. The largest absolute Gasteiger partial charge is 0.383 e. The molecule has 0 atom stereocenters. The van der Waals surface area contributed by atoms with Gasteiger partial charge in [0.1, 0.15) is 23.3 Å². The topological polar surface area (TPSA) is 80.5 Å². The Morgan fingerprint density at radius 2 is 2.13 bits per heavy atom. The van der Waals surface area contributed by atoms with E-state index in [4.69, 9.17) is 17.3 Å². The molecule has 3 rings (SSSR count). The van der Waals surface area contributed by atoms with Gasteiger partial charge in [-0.25, -0.2) is 9.37 Å². The first-order valence-electron chi connectivity index (χ1n) is 6.65. The average molecular weight is 328 g/mol. The van der Waals surface area contributed by atoms with Crippen LogP contribution in [0.4, 0.5) is 10.2 Å². The Balaban J connectivity index is 2.29. The zero-order chi connectivity index (χ0) is 16.6. The van der Waals surface area contributed by atoms with Crippen molar-refractivity contribution in [2.45, 2.75) is 0 Å². The number of nitriles is 1. The van der Waals surface area contributed by atoms with Crippen molar-refractivity contribution >= 4 is 17.4 Å². The molecule has 7 heteroatoms. The fourth-order valence-electron chi connectivity index (χ4n) is 2.31. The van der Waals surface area contributed by atoms with Crippen LogP contribution in [0, 0.1) is 17.1 Å². The first-order valence-corrected chi connectivity index (χ1v) is 7.03. The van der Waals surface area contributed by atoms with Crippen LogP contribution >= 0.6 is 11.6 Å². The zero-order valence-corrected chi connectivity index (χ0v) is 12.8. The van der Waals surface area contributed by atoms with E-state index in [0.29, 0.717) is 16.8 Å². The normalized spacial score (nSPS) is 10.5. The van der Waals surface area contributed by atoms with E-state index in [1.54, 1.807) is 36.3 Å². The molecule has 2 N–H and O–H groups in total. The molecule has 0 saturated carbocycles. The SMILES string of the molecule is Cn1cc(-c2cc(-c3cccc(F)c3Cl)c(C#N)c(N)n2)cn1.